The Labute approximate surface area is 148 Å². The van der Waals surface area contributed by atoms with E-state index in [1.807, 2.05) is 31.2 Å². The first-order valence-electron chi connectivity index (χ1n) is 8.45. The molecular formula is C18H27N5O2. The van der Waals surface area contributed by atoms with Gasteiger partial charge in [-0.1, -0.05) is 32.9 Å². The molecule has 2 amide bonds. The number of carbonyl (C=O) groups excluding carboxylic acids is 1. The number of aliphatic hydroxyl groups excluding tert-OH is 1. The van der Waals surface area contributed by atoms with E-state index in [-0.39, 0.29) is 18.1 Å². The SMILES string of the molecule is Cc1nc(-c2cccc(NC(=O)N(CCCO)CC(C)(C)C)c2)n[nH]1. The number of aliphatic hydroxyl groups is 1. The van der Waals surface area contributed by atoms with Crippen LogP contribution in [-0.2, 0) is 0 Å². The predicted molar refractivity (Wildman–Crippen MR) is 98.3 cm³/mol. The topological polar surface area (TPSA) is 94.1 Å². The van der Waals surface area contributed by atoms with Crippen LogP contribution < -0.4 is 5.32 Å². The van der Waals surface area contributed by atoms with Crippen molar-refractivity contribution in [3.63, 3.8) is 0 Å². The van der Waals surface area contributed by atoms with Crippen LogP contribution in [0.1, 0.15) is 33.0 Å². The number of carbonyl (C=O) groups is 1. The highest BCUT2D eigenvalue weighted by molar-refractivity contribution is 5.90. The number of H-pyrrole nitrogens is 1. The zero-order chi connectivity index (χ0) is 18.4. The van der Waals surface area contributed by atoms with E-state index < -0.39 is 0 Å². The summed E-state index contributed by atoms with van der Waals surface area (Å²) in [7, 11) is 0. The van der Waals surface area contributed by atoms with Gasteiger partial charge in [0, 0.05) is 30.9 Å². The van der Waals surface area contributed by atoms with E-state index in [0.717, 1.165) is 11.4 Å². The van der Waals surface area contributed by atoms with Crippen molar-refractivity contribution in [2.24, 2.45) is 5.41 Å². The summed E-state index contributed by atoms with van der Waals surface area (Å²) >= 11 is 0. The standard InChI is InChI=1S/C18H27N5O2/c1-13-19-16(22-21-13)14-7-5-8-15(11-14)20-17(25)23(9-6-10-24)12-18(2,3)4/h5,7-8,11,24H,6,9-10,12H2,1-4H3,(H,20,25)(H,19,21,22). The fraction of sp³-hybridized carbons (Fsp3) is 0.500. The summed E-state index contributed by atoms with van der Waals surface area (Å²) in [6.45, 7) is 9.27. The highest BCUT2D eigenvalue weighted by atomic mass is 16.3. The number of hydrogen-bond acceptors (Lipinski definition) is 4. The van der Waals surface area contributed by atoms with Gasteiger partial charge in [0.25, 0.3) is 0 Å². The maximum absolute atomic E-state index is 12.6. The number of rotatable bonds is 6. The number of anilines is 1. The van der Waals surface area contributed by atoms with E-state index >= 15 is 0 Å². The third-order valence-electron chi connectivity index (χ3n) is 3.51. The van der Waals surface area contributed by atoms with Gasteiger partial charge in [0.05, 0.1) is 0 Å². The monoisotopic (exact) mass is 345 g/mol. The number of aromatic amines is 1. The summed E-state index contributed by atoms with van der Waals surface area (Å²) in [5.74, 6) is 1.34. The number of amides is 2. The molecule has 0 unspecified atom stereocenters. The molecule has 0 radical (unpaired) electrons. The largest absolute Gasteiger partial charge is 0.396 e. The van der Waals surface area contributed by atoms with Gasteiger partial charge in [-0.05, 0) is 30.9 Å². The van der Waals surface area contributed by atoms with Gasteiger partial charge in [-0.3, -0.25) is 5.10 Å². The molecule has 1 aromatic carbocycles. The van der Waals surface area contributed by atoms with Gasteiger partial charge in [0.2, 0.25) is 0 Å². The molecule has 0 saturated heterocycles. The molecule has 3 N–H and O–H groups in total. The zero-order valence-corrected chi connectivity index (χ0v) is 15.3. The first-order chi connectivity index (χ1) is 11.8. The number of urea groups is 1. The molecule has 7 heteroatoms. The third-order valence-corrected chi connectivity index (χ3v) is 3.51. The van der Waals surface area contributed by atoms with Crippen LogP contribution in [0.4, 0.5) is 10.5 Å². The Morgan fingerprint density at radius 1 is 1.36 bits per heavy atom. The molecule has 2 rings (SSSR count). The van der Waals surface area contributed by atoms with Crippen molar-refractivity contribution in [1.29, 1.82) is 0 Å². The molecule has 0 atom stereocenters. The normalized spacial score (nSPS) is 11.4. The molecule has 136 valence electrons. The summed E-state index contributed by atoms with van der Waals surface area (Å²) in [5.41, 5.74) is 1.50. The molecule has 2 aromatic rings. The lowest BCUT2D eigenvalue weighted by atomic mass is 9.96. The summed E-state index contributed by atoms with van der Waals surface area (Å²) in [5, 5.41) is 19.0. The van der Waals surface area contributed by atoms with Gasteiger partial charge in [0.1, 0.15) is 5.82 Å². The maximum Gasteiger partial charge on any atom is 0.321 e. The number of benzene rings is 1. The highest BCUT2D eigenvalue weighted by Crippen LogP contribution is 2.21. The highest BCUT2D eigenvalue weighted by Gasteiger charge is 2.21. The number of nitrogens with zero attached hydrogens (tertiary/aromatic N) is 3. The van der Waals surface area contributed by atoms with Crippen LogP contribution in [0.2, 0.25) is 0 Å². The Balaban J connectivity index is 2.11. The number of aryl methyl sites for hydroxylation is 1. The maximum atomic E-state index is 12.6. The Morgan fingerprint density at radius 3 is 2.72 bits per heavy atom. The van der Waals surface area contributed by atoms with Crippen molar-refractivity contribution < 1.29 is 9.90 Å². The van der Waals surface area contributed by atoms with Crippen molar-refractivity contribution in [2.45, 2.75) is 34.1 Å². The van der Waals surface area contributed by atoms with Crippen LogP contribution in [0.15, 0.2) is 24.3 Å². The van der Waals surface area contributed by atoms with Crippen LogP contribution >= 0.6 is 0 Å². The van der Waals surface area contributed by atoms with Crippen molar-refractivity contribution in [3.05, 3.63) is 30.1 Å². The van der Waals surface area contributed by atoms with Gasteiger partial charge in [-0.25, -0.2) is 9.78 Å². The van der Waals surface area contributed by atoms with E-state index in [2.05, 4.69) is 41.3 Å². The van der Waals surface area contributed by atoms with Gasteiger partial charge in [0.15, 0.2) is 5.82 Å². The number of nitrogens with one attached hydrogen (secondary N) is 2. The van der Waals surface area contributed by atoms with Crippen LogP contribution in [0, 0.1) is 12.3 Å². The lowest BCUT2D eigenvalue weighted by Crippen LogP contribution is -2.41. The van der Waals surface area contributed by atoms with Crippen LogP contribution in [0.3, 0.4) is 0 Å². The third kappa shape index (κ3) is 5.86. The smallest absolute Gasteiger partial charge is 0.321 e. The fourth-order valence-electron chi connectivity index (χ4n) is 2.50. The predicted octanol–water partition coefficient (Wildman–Crippen LogP) is 3.04. The zero-order valence-electron chi connectivity index (χ0n) is 15.3. The Morgan fingerprint density at radius 2 is 2.12 bits per heavy atom. The van der Waals surface area contributed by atoms with Gasteiger partial charge >= 0.3 is 6.03 Å². The van der Waals surface area contributed by atoms with E-state index in [1.165, 1.54) is 0 Å². The van der Waals surface area contributed by atoms with E-state index in [1.54, 1.807) is 4.90 Å². The number of aromatic nitrogens is 3. The van der Waals surface area contributed by atoms with Gasteiger partial charge in [-0.15, -0.1) is 0 Å². The van der Waals surface area contributed by atoms with Crippen LogP contribution in [0.25, 0.3) is 11.4 Å². The molecule has 0 bridgehead atoms. The van der Waals surface area contributed by atoms with Crippen molar-refractivity contribution in [3.8, 4) is 11.4 Å². The van der Waals surface area contributed by atoms with E-state index in [4.69, 9.17) is 5.11 Å². The minimum absolute atomic E-state index is 0.0227. The fourth-order valence-corrected chi connectivity index (χ4v) is 2.50. The lowest BCUT2D eigenvalue weighted by Gasteiger charge is -2.30. The second-order valence-electron chi connectivity index (χ2n) is 7.31. The molecule has 0 aliphatic heterocycles. The van der Waals surface area contributed by atoms with Crippen LogP contribution in [0.5, 0.6) is 0 Å². The summed E-state index contributed by atoms with van der Waals surface area (Å²) < 4.78 is 0. The van der Waals surface area contributed by atoms with Crippen molar-refractivity contribution in [1.82, 2.24) is 20.1 Å². The van der Waals surface area contributed by atoms with Crippen LogP contribution in [-0.4, -0.2) is 50.9 Å². The molecular weight excluding hydrogens is 318 g/mol. The molecule has 1 aromatic heterocycles. The molecule has 25 heavy (non-hydrogen) atoms. The number of hydrogen-bond donors (Lipinski definition) is 3. The first-order valence-corrected chi connectivity index (χ1v) is 8.45. The molecule has 0 spiro atoms. The minimum Gasteiger partial charge on any atom is -0.396 e. The average Bonchev–Trinajstić information content (AvgIpc) is 2.97. The quantitative estimate of drug-likeness (QED) is 0.750. The second-order valence-corrected chi connectivity index (χ2v) is 7.31. The second kappa shape index (κ2) is 8.11. The molecule has 0 aliphatic carbocycles. The molecule has 0 saturated carbocycles. The molecule has 0 fully saturated rings. The Bertz CT molecular complexity index is 705. The molecule has 7 nitrogen and oxygen atoms in total. The summed E-state index contributed by atoms with van der Waals surface area (Å²) in [6, 6.07) is 7.27. The van der Waals surface area contributed by atoms with E-state index in [9.17, 15) is 4.79 Å². The van der Waals surface area contributed by atoms with Crippen molar-refractivity contribution in [2.75, 3.05) is 25.0 Å². The van der Waals surface area contributed by atoms with Gasteiger partial charge in [-0.2, -0.15) is 5.10 Å². The average molecular weight is 345 g/mol. The summed E-state index contributed by atoms with van der Waals surface area (Å²) in [4.78, 5) is 18.7. The molecule has 0 aliphatic rings. The first kappa shape index (κ1) is 18.9. The molecule has 1 heterocycles. The Hall–Kier alpha value is -2.41. The lowest BCUT2D eigenvalue weighted by molar-refractivity contribution is 0.176. The Kier molecular flexibility index (Phi) is 6.14. The van der Waals surface area contributed by atoms with Crippen molar-refractivity contribution >= 4 is 11.7 Å². The summed E-state index contributed by atoms with van der Waals surface area (Å²) in [6.07, 6.45) is 0.556. The minimum atomic E-state index is -0.174. The van der Waals surface area contributed by atoms with E-state index in [0.29, 0.717) is 31.0 Å². The van der Waals surface area contributed by atoms with Gasteiger partial charge < -0.3 is 15.3 Å².